The summed E-state index contributed by atoms with van der Waals surface area (Å²) in [5, 5.41) is 10.6. The van der Waals surface area contributed by atoms with Crippen molar-refractivity contribution in [3.8, 4) is 5.75 Å². The lowest BCUT2D eigenvalue weighted by Crippen LogP contribution is -2.46. The average Bonchev–Trinajstić information content (AvgIpc) is 3.23. The molecule has 0 saturated carbocycles. The summed E-state index contributed by atoms with van der Waals surface area (Å²) in [5.41, 5.74) is 0.946. The molecule has 3 fully saturated rings. The highest BCUT2D eigenvalue weighted by Crippen LogP contribution is 2.49. The number of ether oxygens (including phenoxy) is 3. The molecule has 3 atom stereocenters. The van der Waals surface area contributed by atoms with Gasteiger partial charge in [0, 0.05) is 6.42 Å². The maximum Gasteiger partial charge on any atom is 0.164 e. The first-order valence-electron chi connectivity index (χ1n) is 7.03. The number of aromatic hydroxyl groups is 1. The maximum absolute atomic E-state index is 10.6. The van der Waals surface area contributed by atoms with Gasteiger partial charge in [-0.2, -0.15) is 0 Å². The first kappa shape index (κ1) is 12.4. The minimum Gasteiger partial charge on any atom is -0.505 e. The van der Waals surface area contributed by atoms with Gasteiger partial charge >= 0.3 is 0 Å². The van der Waals surface area contributed by atoms with Gasteiger partial charge in [0.2, 0.25) is 0 Å². The fourth-order valence-electron chi connectivity index (χ4n) is 2.83. The molecule has 108 valence electrons. The molecule has 3 aliphatic rings. The van der Waals surface area contributed by atoms with Gasteiger partial charge in [-0.25, -0.2) is 0 Å². The van der Waals surface area contributed by atoms with Gasteiger partial charge in [0.05, 0.1) is 31.6 Å². The van der Waals surface area contributed by atoms with Crippen LogP contribution in [0.25, 0.3) is 0 Å². The molecule has 0 spiro atoms. The Labute approximate surface area is 118 Å². The summed E-state index contributed by atoms with van der Waals surface area (Å²) in [6, 6.07) is 5.84. The molecule has 0 aliphatic carbocycles. The van der Waals surface area contributed by atoms with Crippen LogP contribution in [-0.4, -0.2) is 42.5 Å². The normalized spacial score (nSPS) is 37.6. The van der Waals surface area contributed by atoms with Crippen LogP contribution in [0.15, 0.2) is 18.2 Å². The summed E-state index contributed by atoms with van der Waals surface area (Å²) in [6.45, 7) is 6.14. The molecule has 1 N–H and O–H groups in total. The maximum atomic E-state index is 10.6. The molecule has 4 rings (SSSR count). The van der Waals surface area contributed by atoms with Crippen molar-refractivity contribution in [1.29, 1.82) is 0 Å². The van der Waals surface area contributed by atoms with E-state index in [1.807, 2.05) is 32.0 Å². The average molecular weight is 277 g/mol. The lowest BCUT2D eigenvalue weighted by molar-refractivity contribution is 0.229. The van der Waals surface area contributed by atoms with Crippen LogP contribution >= 0.6 is 0 Å². The van der Waals surface area contributed by atoms with Gasteiger partial charge in [-0.3, -0.25) is 0 Å². The summed E-state index contributed by atoms with van der Waals surface area (Å²) >= 11 is 0. The fourth-order valence-corrected chi connectivity index (χ4v) is 2.83. The molecule has 0 amide bonds. The number of phenolic OH excluding ortho intramolecular Hbond substituents is 1. The zero-order valence-electron chi connectivity index (χ0n) is 11.8. The lowest BCUT2D eigenvalue weighted by atomic mass is 10.0. The van der Waals surface area contributed by atoms with Crippen molar-refractivity contribution in [2.75, 3.05) is 24.7 Å². The topological polar surface area (TPSA) is 61.1 Å². The second kappa shape index (κ2) is 3.87. The second-order valence-electron chi connectivity index (χ2n) is 6.21. The Kier molecular flexibility index (Phi) is 2.41. The Morgan fingerprint density at radius 3 is 2.35 bits per heavy atom. The van der Waals surface area contributed by atoms with Gasteiger partial charge in [0.25, 0.3) is 0 Å². The van der Waals surface area contributed by atoms with Crippen LogP contribution in [-0.2, 0) is 20.6 Å². The summed E-state index contributed by atoms with van der Waals surface area (Å²) in [6.07, 6.45) is 1.01. The Morgan fingerprint density at radius 1 is 1.25 bits per heavy atom. The Balaban J connectivity index is 1.72. The van der Waals surface area contributed by atoms with Crippen molar-refractivity contribution in [3.05, 3.63) is 23.8 Å². The van der Waals surface area contributed by atoms with E-state index in [9.17, 15) is 5.11 Å². The summed E-state index contributed by atoms with van der Waals surface area (Å²) in [5.74, 6) is 0.316. The fraction of sp³-hybridized carbons (Fsp3) is 0.600. The van der Waals surface area contributed by atoms with Crippen molar-refractivity contribution < 1.29 is 19.3 Å². The van der Waals surface area contributed by atoms with Crippen molar-refractivity contribution in [3.63, 3.8) is 0 Å². The smallest absolute Gasteiger partial charge is 0.164 e. The molecule has 0 radical (unpaired) electrons. The van der Waals surface area contributed by atoms with Crippen LogP contribution in [0, 0.1) is 0 Å². The van der Waals surface area contributed by atoms with Crippen LogP contribution in [0.5, 0.6) is 5.75 Å². The monoisotopic (exact) mass is 277 g/mol. The third-order valence-corrected chi connectivity index (χ3v) is 4.26. The zero-order chi connectivity index (χ0) is 14.0. The van der Waals surface area contributed by atoms with E-state index in [4.69, 9.17) is 14.2 Å². The van der Waals surface area contributed by atoms with E-state index in [1.54, 1.807) is 0 Å². The summed E-state index contributed by atoms with van der Waals surface area (Å²) in [7, 11) is 0. The summed E-state index contributed by atoms with van der Waals surface area (Å²) < 4.78 is 16.4. The minimum absolute atomic E-state index is 0.255. The van der Waals surface area contributed by atoms with Crippen LogP contribution < -0.4 is 4.90 Å². The van der Waals surface area contributed by atoms with E-state index in [2.05, 4.69) is 4.90 Å². The number of anilines is 1. The van der Waals surface area contributed by atoms with Crippen LogP contribution in [0.4, 0.5) is 5.69 Å². The van der Waals surface area contributed by atoms with E-state index in [0.717, 1.165) is 24.3 Å². The quantitative estimate of drug-likeness (QED) is 0.829. The van der Waals surface area contributed by atoms with E-state index in [1.165, 1.54) is 0 Å². The Bertz CT molecular complexity index is 529. The highest BCUT2D eigenvalue weighted by atomic mass is 16.7. The number of hydrogen-bond donors (Lipinski definition) is 1. The number of hydrogen-bond acceptors (Lipinski definition) is 5. The molecule has 1 aromatic rings. The van der Waals surface area contributed by atoms with Crippen LogP contribution in [0.2, 0.25) is 0 Å². The third kappa shape index (κ3) is 1.97. The molecular formula is C15H19NO4. The number of nitrogens with zero attached hydrogens (tertiary/aromatic N) is 1. The first-order chi connectivity index (χ1) is 9.52. The van der Waals surface area contributed by atoms with E-state index >= 15 is 0 Å². The zero-order valence-corrected chi connectivity index (χ0v) is 11.8. The predicted molar refractivity (Wildman–Crippen MR) is 72.7 cm³/mol. The first-order valence-corrected chi connectivity index (χ1v) is 7.03. The molecule has 5 nitrogen and oxygen atoms in total. The summed E-state index contributed by atoms with van der Waals surface area (Å²) in [4.78, 5) is 2.06. The largest absolute Gasteiger partial charge is 0.505 e. The van der Waals surface area contributed by atoms with E-state index in [-0.39, 0.29) is 17.6 Å². The number of epoxide rings is 3. The van der Waals surface area contributed by atoms with Crippen molar-refractivity contribution in [1.82, 2.24) is 0 Å². The molecule has 5 heteroatoms. The van der Waals surface area contributed by atoms with Gasteiger partial charge in [-0.15, -0.1) is 0 Å². The molecule has 3 saturated heterocycles. The molecule has 0 bridgehead atoms. The van der Waals surface area contributed by atoms with Gasteiger partial charge in [0.15, 0.2) is 11.4 Å². The van der Waals surface area contributed by atoms with E-state index in [0.29, 0.717) is 19.0 Å². The molecule has 3 heterocycles. The van der Waals surface area contributed by atoms with Gasteiger partial charge in [0.1, 0.15) is 5.75 Å². The molecule has 3 unspecified atom stereocenters. The number of para-hydroxylation sites is 1. The van der Waals surface area contributed by atoms with Crippen LogP contribution in [0.3, 0.4) is 0 Å². The lowest BCUT2D eigenvalue weighted by Gasteiger charge is -2.33. The van der Waals surface area contributed by atoms with Gasteiger partial charge < -0.3 is 24.2 Å². The van der Waals surface area contributed by atoms with Crippen molar-refractivity contribution in [2.45, 2.75) is 37.8 Å². The van der Waals surface area contributed by atoms with E-state index < -0.39 is 0 Å². The van der Waals surface area contributed by atoms with Crippen molar-refractivity contribution in [2.24, 2.45) is 0 Å². The Hall–Kier alpha value is -1.30. The molecule has 20 heavy (non-hydrogen) atoms. The van der Waals surface area contributed by atoms with Gasteiger partial charge in [-0.05, 0) is 25.5 Å². The standard InChI is InChI=1S/C15H19NO4/c1-14(8-19-14)16(15(2)9-20-15)12-5-3-4-10(13(12)17)6-11-7-18-11/h3-5,11,17H,6-9H2,1-2H3. The molecular weight excluding hydrogens is 258 g/mol. The second-order valence-corrected chi connectivity index (χ2v) is 6.21. The third-order valence-electron chi connectivity index (χ3n) is 4.26. The number of rotatable bonds is 5. The highest BCUT2D eigenvalue weighted by Gasteiger charge is 2.59. The highest BCUT2D eigenvalue weighted by molar-refractivity contribution is 5.65. The number of benzene rings is 1. The SMILES string of the molecule is CC1(N(c2cccc(CC3CO3)c2O)C2(C)CO2)CO1. The molecule has 1 aromatic carbocycles. The van der Waals surface area contributed by atoms with Crippen LogP contribution in [0.1, 0.15) is 19.4 Å². The predicted octanol–water partition coefficient (Wildman–Crippen LogP) is 1.63. The number of phenols is 1. The molecule has 0 aromatic heterocycles. The van der Waals surface area contributed by atoms with Gasteiger partial charge in [-0.1, -0.05) is 12.1 Å². The van der Waals surface area contributed by atoms with Crippen molar-refractivity contribution >= 4 is 5.69 Å². The Morgan fingerprint density at radius 2 is 1.85 bits per heavy atom. The minimum atomic E-state index is -0.378. The molecule has 3 aliphatic heterocycles.